The summed E-state index contributed by atoms with van der Waals surface area (Å²) in [6, 6.07) is 13.5. The lowest BCUT2D eigenvalue weighted by molar-refractivity contribution is 0.472. The summed E-state index contributed by atoms with van der Waals surface area (Å²) in [5, 5.41) is 0.696. The molecule has 0 amide bonds. The lowest BCUT2D eigenvalue weighted by Crippen LogP contribution is -2.21. The average molecular weight is 355 g/mol. The number of ether oxygens (including phenoxy) is 1. The van der Waals surface area contributed by atoms with E-state index in [9.17, 15) is 0 Å². The fourth-order valence-corrected chi connectivity index (χ4v) is 2.52. The van der Waals surface area contributed by atoms with E-state index in [2.05, 4.69) is 22.9 Å². The van der Waals surface area contributed by atoms with Crippen LogP contribution in [-0.2, 0) is 6.42 Å². The summed E-state index contributed by atoms with van der Waals surface area (Å²) in [6.45, 7) is 2.07. The highest BCUT2D eigenvalue weighted by Gasteiger charge is 2.12. The van der Waals surface area contributed by atoms with Gasteiger partial charge in [0, 0.05) is 21.1 Å². The van der Waals surface area contributed by atoms with Crippen molar-refractivity contribution in [2.75, 3.05) is 0 Å². The molecular weight excluding hydrogens is 338 g/mol. The summed E-state index contributed by atoms with van der Waals surface area (Å²) >= 11 is 9.72. The molecule has 1 atom stereocenters. The van der Waals surface area contributed by atoms with Crippen molar-refractivity contribution < 1.29 is 4.74 Å². The zero-order valence-electron chi connectivity index (χ0n) is 11.3. The van der Waals surface area contributed by atoms with Gasteiger partial charge in [-0.05, 0) is 43.2 Å². The van der Waals surface area contributed by atoms with E-state index in [1.54, 1.807) is 0 Å². The third-order valence-corrected chi connectivity index (χ3v) is 3.94. The molecule has 0 spiro atoms. The molecule has 2 rings (SSSR count). The van der Waals surface area contributed by atoms with Gasteiger partial charge in [-0.1, -0.05) is 46.6 Å². The quantitative estimate of drug-likeness (QED) is 0.803. The molecule has 4 heteroatoms. The van der Waals surface area contributed by atoms with Gasteiger partial charge >= 0.3 is 0 Å². The first-order chi connectivity index (χ1) is 9.60. The van der Waals surface area contributed by atoms with E-state index in [0.717, 1.165) is 28.0 Å². The molecule has 2 nitrogen and oxygen atoms in total. The van der Waals surface area contributed by atoms with Gasteiger partial charge in [-0.15, -0.1) is 0 Å². The normalized spacial score (nSPS) is 12.2. The van der Waals surface area contributed by atoms with Gasteiger partial charge in [0.1, 0.15) is 11.5 Å². The molecule has 0 bridgehead atoms. The second kappa shape index (κ2) is 7.11. The van der Waals surface area contributed by atoms with Gasteiger partial charge in [0.05, 0.1) is 0 Å². The van der Waals surface area contributed by atoms with Gasteiger partial charge in [0.25, 0.3) is 0 Å². The maximum absolute atomic E-state index is 6.28. The first-order valence-electron chi connectivity index (χ1n) is 6.56. The van der Waals surface area contributed by atoms with Crippen molar-refractivity contribution in [1.29, 1.82) is 0 Å². The molecule has 0 radical (unpaired) electrons. The Hall–Kier alpha value is -1.03. The van der Waals surface area contributed by atoms with Crippen LogP contribution in [0, 0.1) is 0 Å². The van der Waals surface area contributed by atoms with Crippen molar-refractivity contribution in [2.45, 2.75) is 25.8 Å². The van der Waals surface area contributed by atoms with Gasteiger partial charge in [0.15, 0.2) is 0 Å². The van der Waals surface area contributed by atoms with E-state index in [4.69, 9.17) is 22.1 Å². The van der Waals surface area contributed by atoms with Crippen LogP contribution in [0.1, 0.15) is 18.9 Å². The molecule has 20 heavy (non-hydrogen) atoms. The summed E-state index contributed by atoms with van der Waals surface area (Å²) in [4.78, 5) is 0. The van der Waals surface area contributed by atoms with Crippen LogP contribution in [0.15, 0.2) is 46.9 Å². The maximum atomic E-state index is 6.28. The van der Waals surface area contributed by atoms with Gasteiger partial charge in [-0.2, -0.15) is 0 Å². The van der Waals surface area contributed by atoms with Crippen molar-refractivity contribution in [2.24, 2.45) is 5.73 Å². The molecular formula is C16H17BrClNO. The van der Waals surface area contributed by atoms with Crippen molar-refractivity contribution >= 4 is 27.5 Å². The molecule has 2 aromatic carbocycles. The van der Waals surface area contributed by atoms with Crippen molar-refractivity contribution in [1.82, 2.24) is 0 Å². The Morgan fingerprint density at radius 2 is 2.00 bits per heavy atom. The van der Waals surface area contributed by atoms with E-state index in [1.807, 2.05) is 42.5 Å². The van der Waals surface area contributed by atoms with Crippen LogP contribution in [-0.4, -0.2) is 6.04 Å². The van der Waals surface area contributed by atoms with Crippen LogP contribution in [0.25, 0.3) is 0 Å². The van der Waals surface area contributed by atoms with Crippen molar-refractivity contribution in [3.05, 3.63) is 57.5 Å². The first-order valence-corrected chi connectivity index (χ1v) is 7.73. The smallest absolute Gasteiger partial charge is 0.132 e. The Balaban J connectivity index is 2.29. The van der Waals surface area contributed by atoms with Crippen molar-refractivity contribution in [3.8, 4) is 11.5 Å². The molecule has 0 saturated carbocycles. The molecule has 0 heterocycles. The van der Waals surface area contributed by atoms with Crippen LogP contribution >= 0.6 is 27.5 Å². The predicted octanol–water partition coefficient (Wildman–Crippen LogP) is 5.17. The summed E-state index contributed by atoms with van der Waals surface area (Å²) < 4.78 is 6.92. The van der Waals surface area contributed by atoms with Gasteiger partial charge in [-0.3, -0.25) is 0 Å². The van der Waals surface area contributed by atoms with E-state index in [-0.39, 0.29) is 6.04 Å². The van der Waals surface area contributed by atoms with Gasteiger partial charge in [0.2, 0.25) is 0 Å². The predicted molar refractivity (Wildman–Crippen MR) is 87.6 cm³/mol. The number of halogens is 2. The van der Waals surface area contributed by atoms with E-state index in [1.165, 1.54) is 0 Å². The van der Waals surface area contributed by atoms with Crippen LogP contribution in [0.5, 0.6) is 11.5 Å². The topological polar surface area (TPSA) is 35.2 Å². The largest absolute Gasteiger partial charge is 0.457 e. The molecule has 0 fully saturated rings. The van der Waals surface area contributed by atoms with Crippen LogP contribution in [0.4, 0.5) is 0 Å². The fourth-order valence-electron chi connectivity index (χ4n) is 1.90. The van der Waals surface area contributed by atoms with E-state index >= 15 is 0 Å². The van der Waals surface area contributed by atoms with Crippen LogP contribution in [0.2, 0.25) is 5.02 Å². The number of hydrogen-bond donors (Lipinski definition) is 1. The van der Waals surface area contributed by atoms with Gasteiger partial charge < -0.3 is 10.5 Å². The summed E-state index contributed by atoms with van der Waals surface area (Å²) in [5.41, 5.74) is 7.00. The molecule has 106 valence electrons. The standard InChI is InChI=1S/C16H17BrClNO/c1-2-12(19)10-14-15(18)7-4-8-16(14)20-13-6-3-5-11(17)9-13/h3-9,12H,2,10,19H2,1H3. The number of rotatable bonds is 5. The summed E-state index contributed by atoms with van der Waals surface area (Å²) in [6.07, 6.45) is 1.61. The molecule has 1 unspecified atom stereocenters. The average Bonchev–Trinajstić information content (AvgIpc) is 2.42. The Morgan fingerprint density at radius 3 is 2.70 bits per heavy atom. The Morgan fingerprint density at radius 1 is 1.25 bits per heavy atom. The van der Waals surface area contributed by atoms with Crippen LogP contribution in [0.3, 0.4) is 0 Å². The molecule has 0 aliphatic rings. The summed E-state index contributed by atoms with van der Waals surface area (Å²) in [7, 11) is 0. The fraction of sp³-hybridized carbons (Fsp3) is 0.250. The SMILES string of the molecule is CCC(N)Cc1c(Cl)cccc1Oc1cccc(Br)c1. The number of hydrogen-bond acceptors (Lipinski definition) is 2. The first kappa shape index (κ1) is 15.4. The molecule has 2 aromatic rings. The molecule has 0 aliphatic heterocycles. The zero-order valence-corrected chi connectivity index (χ0v) is 13.6. The highest BCUT2D eigenvalue weighted by Crippen LogP contribution is 2.32. The minimum atomic E-state index is 0.0831. The molecule has 0 saturated heterocycles. The lowest BCUT2D eigenvalue weighted by Gasteiger charge is -2.15. The second-order valence-corrected chi connectivity index (χ2v) is 5.97. The highest BCUT2D eigenvalue weighted by atomic mass is 79.9. The monoisotopic (exact) mass is 353 g/mol. The summed E-state index contributed by atoms with van der Waals surface area (Å²) in [5.74, 6) is 1.53. The van der Waals surface area contributed by atoms with Crippen LogP contribution < -0.4 is 10.5 Å². The minimum Gasteiger partial charge on any atom is -0.457 e. The number of nitrogens with two attached hydrogens (primary N) is 1. The molecule has 0 aliphatic carbocycles. The third kappa shape index (κ3) is 3.98. The van der Waals surface area contributed by atoms with E-state index < -0.39 is 0 Å². The number of benzene rings is 2. The maximum Gasteiger partial charge on any atom is 0.132 e. The second-order valence-electron chi connectivity index (χ2n) is 4.65. The lowest BCUT2D eigenvalue weighted by atomic mass is 10.0. The molecule has 0 aromatic heterocycles. The third-order valence-electron chi connectivity index (χ3n) is 3.09. The highest BCUT2D eigenvalue weighted by molar-refractivity contribution is 9.10. The van der Waals surface area contributed by atoms with Gasteiger partial charge in [-0.25, -0.2) is 0 Å². The van der Waals surface area contributed by atoms with E-state index in [0.29, 0.717) is 11.4 Å². The Labute approximate surface area is 133 Å². The van der Waals surface area contributed by atoms with Crippen molar-refractivity contribution in [3.63, 3.8) is 0 Å². The minimum absolute atomic E-state index is 0.0831. The Bertz CT molecular complexity index is 588. The molecule has 2 N–H and O–H groups in total. The zero-order chi connectivity index (χ0) is 14.5. The Kier molecular flexibility index (Phi) is 5.46.